The molecular formula is C64H124O17P2. The minimum absolute atomic E-state index is 0.105. The summed E-state index contributed by atoms with van der Waals surface area (Å²) in [5, 5.41) is 10.5. The van der Waals surface area contributed by atoms with Crippen LogP contribution in [0.4, 0.5) is 0 Å². The van der Waals surface area contributed by atoms with Crippen LogP contribution in [0.1, 0.15) is 318 Å². The molecule has 0 radical (unpaired) electrons. The molecule has 0 saturated heterocycles. The number of hydrogen-bond acceptors (Lipinski definition) is 15. The van der Waals surface area contributed by atoms with E-state index in [1.807, 2.05) is 0 Å². The van der Waals surface area contributed by atoms with Crippen LogP contribution in [0.25, 0.3) is 0 Å². The summed E-state index contributed by atoms with van der Waals surface area (Å²) in [5.41, 5.74) is 0. The van der Waals surface area contributed by atoms with Gasteiger partial charge in [0.25, 0.3) is 0 Å². The number of aliphatic hydroxyl groups is 1. The summed E-state index contributed by atoms with van der Waals surface area (Å²) in [4.78, 5) is 72.2. The fourth-order valence-electron chi connectivity index (χ4n) is 9.50. The number of hydrogen-bond donors (Lipinski definition) is 3. The van der Waals surface area contributed by atoms with Gasteiger partial charge in [0.05, 0.1) is 26.4 Å². The molecule has 3 N–H and O–H groups in total. The quantitative estimate of drug-likeness (QED) is 0.0222. The summed E-state index contributed by atoms with van der Waals surface area (Å²) >= 11 is 0. The Balaban J connectivity index is 5.24. The zero-order chi connectivity index (χ0) is 61.5. The van der Waals surface area contributed by atoms with Crippen LogP contribution < -0.4 is 0 Å². The fourth-order valence-corrected chi connectivity index (χ4v) is 11.1. The van der Waals surface area contributed by atoms with Crippen LogP contribution in [-0.2, 0) is 65.4 Å². The predicted octanol–water partition coefficient (Wildman–Crippen LogP) is 17.7. The molecule has 0 rings (SSSR count). The first-order valence-corrected chi connectivity index (χ1v) is 36.5. The van der Waals surface area contributed by atoms with Crippen molar-refractivity contribution in [1.29, 1.82) is 0 Å². The predicted molar refractivity (Wildman–Crippen MR) is 331 cm³/mol. The summed E-state index contributed by atoms with van der Waals surface area (Å²) < 4.78 is 68.0. The van der Waals surface area contributed by atoms with E-state index in [0.29, 0.717) is 25.7 Å². The first kappa shape index (κ1) is 81.1. The van der Waals surface area contributed by atoms with Crippen molar-refractivity contribution in [1.82, 2.24) is 0 Å². The molecule has 0 aliphatic rings. The second-order valence-electron chi connectivity index (χ2n) is 23.9. The Kier molecular flexibility index (Phi) is 55.2. The molecule has 19 heteroatoms. The van der Waals surface area contributed by atoms with Crippen LogP contribution in [0.2, 0.25) is 0 Å². The van der Waals surface area contributed by atoms with Crippen molar-refractivity contribution in [2.24, 2.45) is 11.8 Å². The van der Waals surface area contributed by atoms with Gasteiger partial charge in [-0.15, -0.1) is 0 Å². The number of rotatable bonds is 63. The van der Waals surface area contributed by atoms with Crippen molar-refractivity contribution in [3.05, 3.63) is 0 Å². The fraction of sp³-hybridized carbons (Fsp3) is 0.938. The van der Waals surface area contributed by atoms with Crippen LogP contribution in [0, 0.1) is 11.8 Å². The van der Waals surface area contributed by atoms with Gasteiger partial charge in [-0.1, -0.05) is 266 Å². The number of esters is 4. The van der Waals surface area contributed by atoms with E-state index in [1.165, 1.54) is 128 Å². The molecule has 3 unspecified atom stereocenters. The van der Waals surface area contributed by atoms with Crippen LogP contribution in [-0.4, -0.2) is 96.7 Å². The van der Waals surface area contributed by atoms with Crippen LogP contribution >= 0.6 is 15.6 Å². The van der Waals surface area contributed by atoms with E-state index < -0.39 is 97.5 Å². The number of ether oxygens (including phenoxy) is 4. The molecule has 0 spiro atoms. The largest absolute Gasteiger partial charge is 0.472 e. The molecule has 0 aromatic carbocycles. The van der Waals surface area contributed by atoms with Crippen LogP contribution in [0.5, 0.6) is 0 Å². The highest BCUT2D eigenvalue weighted by Gasteiger charge is 2.30. The third kappa shape index (κ3) is 57.6. The van der Waals surface area contributed by atoms with E-state index in [2.05, 4.69) is 41.5 Å². The highest BCUT2D eigenvalue weighted by molar-refractivity contribution is 7.47. The lowest BCUT2D eigenvalue weighted by Crippen LogP contribution is -2.30. The summed E-state index contributed by atoms with van der Waals surface area (Å²) in [6.07, 6.45) is 38.9. The summed E-state index contributed by atoms with van der Waals surface area (Å²) in [5.74, 6) is -0.639. The lowest BCUT2D eigenvalue weighted by atomic mass is 10.00. The van der Waals surface area contributed by atoms with Gasteiger partial charge in [0.15, 0.2) is 12.2 Å². The average Bonchev–Trinajstić information content (AvgIpc) is 3.46. The van der Waals surface area contributed by atoms with Gasteiger partial charge in [-0.3, -0.25) is 37.3 Å². The Morgan fingerprint density at radius 1 is 0.349 bits per heavy atom. The summed E-state index contributed by atoms with van der Waals surface area (Å²) in [6, 6.07) is 0. The Morgan fingerprint density at radius 3 is 0.916 bits per heavy atom. The molecule has 0 fully saturated rings. The zero-order valence-corrected chi connectivity index (χ0v) is 55.3. The Bertz CT molecular complexity index is 1630. The number of unbranched alkanes of at least 4 members (excludes halogenated alkanes) is 32. The third-order valence-electron chi connectivity index (χ3n) is 15.1. The number of phosphoric acid groups is 2. The molecule has 83 heavy (non-hydrogen) atoms. The molecule has 0 aromatic heterocycles. The highest BCUT2D eigenvalue weighted by Crippen LogP contribution is 2.45. The minimum atomic E-state index is -4.94. The smallest absolute Gasteiger partial charge is 0.462 e. The van der Waals surface area contributed by atoms with Gasteiger partial charge in [-0.25, -0.2) is 9.13 Å². The SMILES string of the molecule is CCCCCCCCCCCCC(=O)O[C@H](COC(=O)CCCCCCCCCCC)COP(=O)(O)OC[C@H](O)COP(=O)(O)OC[C@@H](COC(=O)CCCCCCCCC(C)CC)OC(=O)CCCCCCCCCCCCCC(C)C. The normalized spacial score (nSPS) is 14.6. The molecule has 0 aliphatic heterocycles. The van der Waals surface area contributed by atoms with Crippen molar-refractivity contribution >= 4 is 39.5 Å². The minimum Gasteiger partial charge on any atom is -0.462 e. The molecule has 6 atom stereocenters. The summed E-state index contributed by atoms with van der Waals surface area (Å²) in [6.45, 7) is 9.43. The van der Waals surface area contributed by atoms with Crippen molar-refractivity contribution in [3.63, 3.8) is 0 Å². The van der Waals surface area contributed by atoms with Crippen molar-refractivity contribution in [2.75, 3.05) is 39.6 Å². The molecule has 492 valence electrons. The molecule has 0 heterocycles. The molecule has 0 amide bonds. The molecule has 0 aliphatic carbocycles. The topological polar surface area (TPSA) is 237 Å². The lowest BCUT2D eigenvalue weighted by Gasteiger charge is -2.21. The first-order chi connectivity index (χ1) is 39.9. The third-order valence-corrected chi connectivity index (χ3v) is 17.0. The first-order valence-electron chi connectivity index (χ1n) is 33.5. The molecular weight excluding hydrogens is 1100 g/mol. The second-order valence-corrected chi connectivity index (χ2v) is 26.8. The van der Waals surface area contributed by atoms with Crippen molar-refractivity contribution in [2.45, 2.75) is 336 Å². The second kappa shape index (κ2) is 56.6. The number of aliphatic hydroxyl groups excluding tert-OH is 1. The molecule has 17 nitrogen and oxygen atoms in total. The van der Waals surface area contributed by atoms with E-state index in [0.717, 1.165) is 108 Å². The highest BCUT2D eigenvalue weighted by atomic mass is 31.2. The van der Waals surface area contributed by atoms with Gasteiger partial charge < -0.3 is 33.8 Å². The Labute approximate surface area is 505 Å². The van der Waals surface area contributed by atoms with Crippen molar-refractivity contribution < 1.29 is 80.2 Å². The van der Waals surface area contributed by atoms with Gasteiger partial charge in [0, 0.05) is 25.7 Å². The van der Waals surface area contributed by atoms with Gasteiger partial charge in [-0.2, -0.15) is 0 Å². The van der Waals surface area contributed by atoms with Gasteiger partial charge in [0.1, 0.15) is 19.3 Å². The van der Waals surface area contributed by atoms with E-state index in [9.17, 15) is 43.2 Å². The average molecular weight is 1230 g/mol. The van der Waals surface area contributed by atoms with Crippen molar-refractivity contribution in [3.8, 4) is 0 Å². The lowest BCUT2D eigenvalue weighted by molar-refractivity contribution is -0.161. The molecule has 0 aromatic rings. The monoisotopic (exact) mass is 1230 g/mol. The number of carbonyl (C=O) groups excluding carboxylic acids is 4. The summed E-state index contributed by atoms with van der Waals surface area (Å²) in [7, 11) is -9.88. The molecule has 0 saturated carbocycles. The van der Waals surface area contributed by atoms with Gasteiger partial charge >= 0.3 is 39.5 Å². The number of carbonyl (C=O) groups is 4. The maximum atomic E-state index is 13.0. The van der Waals surface area contributed by atoms with E-state index >= 15 is 0 Å². The van der Waals surface area contributed by atoms with Gasteiger partial charge in [0.2, 0.25) is 0 Å². The van der Waals surface area contributed by atoms with E-state index in [-0.39, 0.29) is 25.7 Å². The Morgan fingerprint density at radius 2 is 0.614 bits per heavy atom. The van der Waals surface area contributed by atoms with Crippen LogP contribution in [0.3, 0.4) is 0 Å². The molecule has 0 bridgehead atoms. The van der Waals surface area contributed by atoms with E-state index in [4.69, 9.17) is 37.0 Å². The number of phosphoric ester groups is 2. The zero-order valence-electron chi connectivity index (χ0n) is 53.5. The maximum Gasteiger partial charge on any atom is 0.472 e. The standard InChI is InChI=1S/C64H124O17P2/c1-7-10-12-14-16-18-24-28-36-42-48-63(68)80-59(52-74-61(66)46-40-34-27-22-17-15-13-11-8-2)54-78-82(70,71)76-50-58(65)51-77-83(72,73)79-55-60(53-75-62(67)47-41-35-31-30-33-39-45-57(6)9-3)81-64(69)49-43-37-29-25-21-19-20-23-26-32-38-44-56(4)5/h56-60,65H,7-55H2,1-6H3,(H,70,71)(H,72,73)/t57?,58-,59+,60+/m0/s1. The Hall–Kier alpha value is -1.94. The van der Waals surface area contributed by atoms with E-state index in [1.54, 1.807) is 0 Å². The van der Waals surface area contributed by atoms with Crippen LogP contribution in [0.15, 0.2) is 0 Å². The van der Waals surface area contributed by atoms with Gasteiger partial charge in [-0.05, 0) is 37.5 Å². The maximum absolute atomic E-state index is 13.0.